The molecule has 0 unspecified atom stereocenters. The Morgan fingerprint density at radius 3 is 2.72 bits per heavy atom. The van der Waals surface area contributed by atoms with Gasteiger partial charge >= 0.3 is 0 Å². The van der Waals surface area contributed by atoms with Gasteiger partial charge in [-0.3, -0.25) is 9.69 Å². The van der Waals surface area contributed by atoms with Crippen LogP contribution in [0.5, 0.6) is 5.75 Å². The highest BCUT2D eigenvalue weighted by Crippen LogP contribution is 2.25. The Morgan fingerprint density at radius 2 is 1.97 bits per heavy atom. The van der Waals surface area contributed by atoms with E-state index in [-0.39, 0.29) is 17.9 Å². The van der Waals surface area contributed by atoms with Gasteiger partial charge in [0.15, 0.2) is 5.82 Å². The van der Waals surface area contributed by atoms with Crippen LogP contribution >= 0.6 is 0 Å². The van der Waals surface area contributed by atoms with Gasteiger partial charge in [-0.05, 0) is 56.4 Å². The van der Waals surface area contributed by atoms with Crippen LogP contribution in [-0.2, 0) is 29.0 Å². The summed E-state index contributed by atoms with van der Waals surface area (Å²) in [7, 11) is 1.72. The van der Waals surface area contributed by atoms with E-state index in [0.717, 1.165) is 62.8 Å². The summed E-state index contributed by atoms with van der Waals surface area (Å²) >= 11 is 0. The van der Waals surface area contributed by atoms with Crippen molar-refractivity contribution < 1.29 is 14.3 Å². The monoisotopic (exact) mass is 441 g/mol. The molecule has 8 nitrogen and oxygen atoms in total. The Morgan fingerprint density at radius 1 is 1.19 bits per heavy atom. The lowest BCUT2D eigenvalue weighted by molar-refractivity contribution is -0.128. The van der Waals surface area contributed by atoms with Crippen LogP contribution in [0.2, 0.25) is 0 Å². The number of hydrogen-bond donors (Lipinski definition) is 1. The molecule has 4 rings (SSSR count). The fourth-order valence-electron chi connectivity index (χ4n) is 4.71. The van der Waals surface area contributed by atoms with E-state index in [1.54, 1.807) is 7.11 Å². The number of methoxy groups -OCH3 is 1. The van der Waals surface area contributed by atoms with Crippen molar-refractivity contribution in [3.05, 3.63) is 40.5 Å². The Bertz CT molecular complexity index is 951. The summed E-state index contributed by atoms with van der Waals surface area (Å²) in [6.45, 7) is 11.2. The molecular weight excluding hydrogens is 406 g/mol. The van der Waals surface area contributed by atoms with Crippen molar-refractivity contribution in [2.24, 2.45) is 5.92 Å². The number of fused-ring (bicyclic) bond motifs is 1. The first-order valence-corrected chi connectivity index (χ1v) is 11.6. The zero-order valence-electron chi connectivity index (χ0n) is 19.7. The van der Waals surface area contributed by atoms with E-state index >= 15 is 0 Å². The van der Waals surface area contributed by atoms with Crippen molar-refractivity contribution >= 4 is 5.91 Å². The van der Waals surface area contributed by atoms with E-state index in [4.69, 9.17) is 9.47 Å². The van der Waals surface area contributed by atoms with E-state index < -0.39 is 0 Å². The Labute approximate surface area is 190 Å². The second-order valence-corrected chi connectivity index (χ2v) is 8.95. The lowest BCUT2D eigenvalue weighted by Gasteiger charge is -2.24. The van der Waals surface area contributed by atoms with Crippen LogP contribution in [0.25, 0.3) is 0 Å². The van der Waals surface area contributed by atoms with Crippen LogP contribution in [-0.4, -0.2) is 59.0 Å². The number of aromatic nitrogens is 3. The maximum Gasteiger partial charge on any atom is 0.223 e. The van der Waals surface area contributed by atoms with Gasteiger partial charge in [0.2, 0.25) is 5.91 Å². The minimum Gasteiger partial charge on any atom is -0.496 e. The van der Waals surface area contributed by atoms with Gasteiger partial charge in [0.05, 0.1) is 13.2 Å². The Kier molecular flexibility index (Phi) is 7.10. The van der Waals surface area contributed by atoms with Crippen LogP contribution < -0.4 is 10.1 Å². The highest BCUT2D eigenvalue weighted by molar-refractivity contribution is 5.79. The minimum atomic E-state index is -0.162. The summed E-state index contributed by atoms with van der Waals surface area (Å²) in [6, 6.07) is 4.07. The third-order valence-corrected chi connectivity index (χ3v) is 6.95. The van der Waals surface area contributed by atoms with Crippen LogP contribution in [0.15, 0.2) is 12.1 Å². The molecule has 0 bridgehead atoms. The van der Waals surface area contributed by atoms with Crippen molar-refractivity contribution in [2.45, 2.75) is 59.2 Å². The van der Waals surface area contributed by atoms with Crippen molar-refractivity contribution in [2.75, 3.05) is 33.4 Å². The van der Waals surface area contributed by atoms with Crippen molar-refractivity contribution in [3.63, 3.8) is 0 Å². The van der Waals surface area contributed by atoms with E-state index in [0.29, 0.717) is 13.2 Å². The molecule has 32 heavy (non-hydrogen) atoms. The van der Waals surface area contributed by atoms with Crippen LogP contribution in [0, 0.1) is 19.8 Å². The van der Waals surface area contributed by atoms with Gasteiger partial charge < -0.3 is 19.4 Å². The standard InChI is InChI=1S/C24H35N5O3/c1-16-17(2)21(31-4)6-5-20(16)15-28-10-7-22-26-27-23(29(22)12-11-28)18(3)25-24(30)19-8-13-32-14-9-19/h5-6,18-19H,7-15H2,1-4H3,(H,25,30)/t18-/m1/s1. The molecule has 0 spiro atoms. The highest BCUT2D eigenvalue weighted by Gasteiger charge is 2.26. The molecular formula is C24H35N5O3. The first kappa shape index (κ1) is 22.7. The van der Waals surface area contributed by atoms with Crippen LogP contribution in [0.4, 0.5) is 0 Å². The lowest BCUT2D eigenvalue weighted by atomic mass is 9.99. The van der Waals surface area contributed by atoms with Crippen LogP contribution in [0.3, 0.4) is 0 Å². The summed E-state index contributed by atoms with van der Waals surface area (Å²) in [5, 5.41) is 12.0. The number of benzene rings is 1. The topological polar surface area (TPSA) is 81.5 Å². The maximum atomic E-state index is 12.7. The average Bonchev–Trinajstić information content (AvgIpc) is 3.12. The zero-order valence-corrected chi connectivity index (χ0v) is 19.7. The van der Waals surface area contributed by atoms with Gasteiger partial charge in [0, 0.05) is 51.7 Å². The van der Waals surface area contributed by atoms with Crippen LogP contribution in [0.1, 0.15) is 54.1 Å². The molecule has 1 atom stereocenters. The van der Waals surface area contributed by atoms with Crippen molar-refractivity contribution in [3.8, 4) is 5.75 Å². The van der Waals surface area contributed by atoms with Gasteiger partial charge in [-0.15, -0.1) is 10.2 Å². The number of ether oxygens (including phenoxy) is 2. The second kappa shape index (κ2) is 10.0. The molecule has 0 radical (unpaired) electrons. The molecule has 0 saturated carbocycles. The molecule has 1 aromatic carbocycles. The molecule has 2 aromatic rings. The molecule has 8 heteroatoms. The molecule has 3 heterocycles. The summed E-state index contributed by atoms with van der Waals surface area (Å²) in [5.41, 5.74) is 3.82. The quantitative estimate of drug-likeness (QED) is 0.742. The Hall–Kier alpha value is -2.45. The third kappa shape index (κ3) is 4.81. The number of rotatable bonds is 6. The van der Waals surface area contributed by atoms with Gasteiger partial charge in [-0.1, -0.05) is 6.07 Å². The first-order valence-electron chi connectivity index (χ1n) is 11.6. The van der Waals surface area contributed by atoms with E-state index in [1.807, 2.05) is 6.92 Å². The fraction of sp³-hybridized carbons (Fsp3) is 0.625. The third-order valence-electron chi connectivity index (χ3n) is 6.95. The fourth-order valence-corrected chi connectivity index (χ4v) is 4.71. The smallest absolute Gasteiger partial charge is 0.223 e. The number of nitrogens with one attached hydrogen (secondary N) is 1. The highest BCUT2D eigenvalue weighted by atomic mass is 16.5. The van der Waals surface area contributed by atoms with Gasteiger partial charge in [-0.25, -0.2) is 0 Å². The van der Waals surface area contributed by atoms with E-state index in [1.165, 1.54) is 16.7 Å². The first-order chi connectivity index (χ1) is 15.5. The minimum absolute atomic E-state index is 0.0319. The average molecular weight is 442 g/mol. The molecule has 0 aliphatic carbocycles. The zero-order chi connectivity index (χ0) is 22.7. The lowest BCUT2D eigenvalue weighted by Crippen LogP contribution is -2.36. The summed E-state index contributed by atoms with van der Waals surface area (Å²) in [6.07, 6.45) is 2.42. The normalized spacial score (nSPS) is 18.6. The van der Waals surface area contributed by atoms with E-state index in [2.05, 4.69) is 51.0 Å². The van der Waals surface area contributed by atoms with Crippen molar-refractivity contribution in [1.82, 2.24) is 25.0 Å². The molecule has 1 aromatic heterocycles. The largest absolute Gasteiger partial charge is 0.496 e. The molecule has 1 N–H and O–H groups in total. The Balaban J connectivity index is 1.40. The number of hydrogen-bond acceptors (Lipinski definition) is 6. The summed E-state index contributed by atoms with van der Waals surface area (Å²) in [5.74, 6) is 2.91. The summed E-state index contributed by atoms with van der Waals surface area (Å²) < 4.78 is 13.0. The number of carbonyl (C=O) groups is 1. The number of nitrogens with zero attached hydrogens (tertiary/aromatic N) is 4. The SMILES string of the molecule is COc1ccc(CN2CCc3nnc([C@@H](C)NC(=O)C4CCOCC4)n3CC2)c(C)c1C. The predicted molar refractivity (Wildman–Crippen MR) is 122 cm³/mol. The number of carbonyl (C=O) groups excluding carboxylic acids is 1. The summed E-state index contributed by atoms with van der Waals surface area (Å²) in [4.78, 5) is 15.1. The van der Waals surface area contributed by atoms with Gasteiger partial charge in [0.25, 0.3) is 0 Å². The van der Waals surface area contributed by atoms with Gasteiger partial charge in [-0.2, -0.15) is 0 Å². The van der Waals surface area contributed by atoms with Gasteiger partial charge in [0.1, 0.15) is 11.6 Å². The van der Waals surface area contributed by atoms with Crippen molar-refractivity contribution in [1.29, 1.82) is 0 Å². The second-order valence-electron chi connectivity index (χ2n) is 8.95. The molecule has 1 fully saturated rings. The molecule has 2 aliphatic heterocycles. The maximum absolute atomic E-state index is 12.7. The van der Waals surface area contributed by atoms with E-state index in [9.17, 15) is 4.79 Å². The molecule has 1 saturated heterocycles. The molecule has 2 aliphatic rings. The molecule has 1 amide bonds. The number of amides is 1. The molecule has 174 valence electrons. The predicted octanol–water partition coefficient (Wildman–Crippen LogP) is 2.57.